The Labute approximate surface area is 118 Å². The van der Waals surface area contributed by atoms with Crippen molar-refractivity contribution in [3.05, 3.63) is 57.8 Å². The van der Waals surface area contributed by atoms with E-state index in [4.69, 9.17) is 0 Å². The van der Waals surface area contributed by atoms with Crippen molar-refractivity contribution < 1.29 is 14.3 Å². The summed E-state index contributed by atoms with van der Waals surface area (Å²) in [6.45, 7) is 1.71. The normalized spacial score (nSPS) is 10.3. The van der Waals surface area contributed by atoms with E-state index in [1.54, 1.807) is 19.1 Å². The summed E-state index contributed by atoms with van der Waals surface area (Å²) in [5.74, 6) is -0.724. The molecule has 0 heterocycles. The highest BCUT2D eigenvalue weighted by Gasteiger charge is 2.10. The zero-order valence-corrected chi connectivity index (χ0v) is 11.7. The van der Waals surface area contributed by atoms with Gasteiger partial charge < -0.3 is 10.4 Å². The first kappa shape index (κ1) is 13.5. The van der Waals surface area contributed by atoms with E-state index < -0.39 is 0 Å². The monoisotopic (exact) mass is 323 g/mol. The number of phenols is 1. The number of amides is 1. The van der Waals surface area contributed by atoms with Crippen molar-refractivity contribution in [3.8, 4) is 5.75 Å². The van der Waals surface area contributed by atoms with Crippen LogP contribution in [0.2, 0.25) is 0 Å². The molecule has 0 aliphatic heterocycles. The molecule has 1 amide bonds. The molecule has 0 aromatic heterocycles. The molecule has 0 radical (unpaired) electrons. The lowest BCUT2D eigenvalue weighted by atomic mass is 10.1. The third-order valence-electron chi connectivity index (χ3n) is 2.64. The highest BCUT2D eigenvalue weighted by molar-refractivity contribution is 9.10. The molecule has 0 atom stereocenters. The molecule has 0 saturated heterocycles. The number of hydrogen-bond acceptors (Lipinski definition) is 2. The summed E-state index contributed by atoms with van der Waals surface area (Å²) >= 11 is 3.14. The number of phenolic OH excluding ortho intramolecular Hbond substituents is 1. The van der Waals surface area contributed by atoms with Gasteiger partial charge in [0.25, 0.3) is 5.91 Å². The van der Waals surface area contributed by atoms with Gasteiger partial charge in [0.15, 0.2) is 0 Å². The van der Waals surface area contributed by atoms with Crippen molar-refractivity contribution in [1.82, 2.24) is 0 Å². The fourth-order valence-electron chi connectivity index (χ4n) is 1.62. The number of anilines is 1. The number of carbonyl (C=O) groups excluding carboxylic acids is 1. The van der Waals surface area contributed by atoms with Crippen LogP contribution in [0, 0.1) is 12.7 Å². The van der Waals surface area contributed by atoms with E-state index in [1.807, 2.05) is 0 Å². The van der Waals surface area contributed by atoms with Gasteiger partial charge in [-0.3, -0.25) is 4.79 Å². The molecule has 0 unspecified atom stereocenters. The average Bonchev–Trinajstić information content (AvgIpc) is 2.36. The number of aryl methyl sites for hydroxylation is 1. The van der Waals surface area contributed by atoms with Crippen LogP contribution in [0.4, 0.5) is 10.1 Å². The number of nitrogens with one attached hydrogen (secondary N) is 1. The Morgan fingerprint density at radius 3 is 2.63 bits per heavy atom. The van der Waals surface area contributed by atoms with Crippen molar-refractivity contribution in [2.24, 2.45) is 0 Å². The molecule has 2 N–H and O–H groups in total. The average molecular weight is 324 g/mol. The van der Waals surface area contributed by atoms with E-state index in [0.29, 0.717) is 21.3 Å². The zero-order chi connectivity index (χ0) is 14.0. The minimum Gasteiger partial charge on any atom is -0.507 e. The smallest absolute Gasteiger partial charge is 0.255 e. The first-order valence-electron chi connectivity index (χ1n) is 5.53. The molecule has 0 spiro atoms. The third kappa shape index (κ3) is 3.12. The number of rotatable bonds is 2. The molecule has 2 aromatic carbocycles. The van der Waals surface area contributed by atoms with Crippen molar-refractivity contribution in [3.63, 3.8) is 0 Å². The van der Waals surface area contributed by atoms with Crippen molar-refractivity contribution in [2.45, 2.75) is 6.92 Å². The van der Waals surface area contributed by atoms with Crippen molar-refractivity contribution in [2.75, 3.05) is 5.32 Å². The highest BCUT2D eigenvalue weighted by Crippen LogP contribution is 2.25. The first-order chi connectivity index (χ1) is 8.97. The lowest BCUT2D eigenvalue weighted by Crippen LogP contribution is -2.12. The summed E-state index contributed by atoms with van der Waals surface area (Å²) in [6.07, 6.45) is 0. The van der Waals surface area contributed by atoms with Crippen molar-refractivity contribution in [1.29, 1.82) is 0 Å². The number of aromatic hydroxyl groups is 1. The van der Waals surface area contributed by atoms with Gasteiger partial charge in [0.05, 0.1) is 4.47 Å². The molecule has 0 fully saturated rings. The van der Waals surface area contributed by atoms with Gasteiger partial charge in [-0.05, 0) is 64.8 Å². The summed E-state index contributed by atoms with van der Waals surface area (Å²) in [4.78, 5) is 12.0. The summed E-state index contributed by atoms with van der Waals surface area (Å²) in [7, 11) is 0. The first-order valence-corrected chi connectivity index (χ1v) is 6.32. The Morgan fingerprint density at radius 1 is 1.26 bits per heavy atom. The van der Waals surface area contributed by atoms with Gasteiger partial charge in [0.2, 0.25) is 0 Å². The third-order valence-corrected chi connectivity index (χ3v) is 3.32. The maximum Gasteiger partial charge on any atom is 0.255 e. The Kier molecular flexibility index (Phi) is 3.85. The van der Waals surface area contributed by atoms with E-state index in [1.165, 1.54) is 24.3 Å². The molecule has 0 bridgehead atoms. The second-order valence-corrected chi connectivity index (χ2v) is 4.93. The van der Waals surface area contributed by atoms with Gasteiger partial charge in [-0.25, -0.2) is 4.39 Å². The number of carbonyl (C=O) groups is 1. The van der Waals surface area contributed by atoms with Crippen LogP contribution in [-0.4, -0.2) is 11.0 Å². The molecule has 19 heavy (non-hydrogen) atoms. The molecule has 0 saturated carbocycles. The molecule has 0 aliphatic rings. The zero-order valence-electron chi connectivity index (χ0n) is 10.1. The minimum atomic E-state index is -0.363. The fraction of sp³-hybridized carbons (Fsp3) is 0.0714. The van der Waals surface area contributed by atoms with Gasteiger partial charge in [0.1, 0.15) is 11.6 Å². The van der Waals surface area contributed by atoms with Crippen LogP contribution in [0.5, 0.6) is 5.75 Å². The lowest BCUT2D eigenvalue weighted by Gasteiger charge is -2.09. The summed E-state index contributed by atoms with van der Waals surface area (Å²) in [5, 5.41) is 12.2. The standard InChI is InChI=1S/C14H11BrFNO2/c1-8-6-10(16)3-5-12(8)17-14(19)9-2-4-11(15)13(18)7-9/h2-7,18H,1H3,(H,17,19). The maximum absolute atomic E-state index is 13.0. The molecule has 2 aromatic rings. The predicted octanol–water partition coefficient (Wildman–Crippen LogP) is 3.85. The summed E-state index contributed by atoms with van der Waals surface area (Å²) in [6, 6.07) is 8.65. The second-order valence-electron chi connectivity index (χ2n) is 4.08. The highest BCUT2D eigenvalue weighted by atomic mass is 79.9. The largest absolute Gasteiger partial charge is 0.507 e. The van der Waals surface area contributed by atoms with Gasteiger partial charge in [-0.1, -0.05) is 0 Å². The number of benzene rings is 2. The number of hydrogen-bond donors (Lipinski definition) is 2. The van der Waals surface area contributed by atoms with Gasteiger partial charge in [-0.2, -0.15) is 0 Å². The van der Waals surface area contributed by atoms with E-state index in [9.17, 15) is 14.3 Å². The van der Waals surface area contributed by atoms with Crippen LogP contribution in [-0.2, 0) is 0 Å². The van der Waals surface area contributed by atoms with Gasteiger partial charge in [0, 0.05) is 11.3 Å². The Morgan fingerprint density at radius 2 is 2.00 bits per heavy atom. The molecular weight excluding hydrogens is 313 g/mol. The van der Waals surface area contributed by atoms with Gasteiger partial charge in [-0.15, -0.1) is 0 Å². The Hall–Kier alpha value is -1.88. The molecule has 5 heteroatoms. The summed E-state index contributed by atoms with van der Waals surface area (Å²) < 4.78 is 13.5. The second kappa shape index (κ2) is 5.40. The van der Waals surface area contributed by atoms with Crippen LogP contribution in [0.1, 0.15) is 15.9 Å². The number of halogens is 2. The lowest BCUT2D eigenvalue weighted by molar-refractivity contribution is 0.102. The maximum atomic E-state index is 13.0. The SMILES string of the molecule is Cc1cc(F)ccc1NC(=O)c1ccc(Br)c(O)c1. The van der Waals surface area contributed by atoms with E-state index in [-0.39, 0.29) is 17.5 Å². The molecule has 2 rings (SSSR count). The molecular formula is C14H11BrFNO2. The Balaban J connectivity index is 2.23. The van der Waals surface area contributed by atoms with Crippen LogP contribution in [0.3, 0.4) is 0 Å². The molecule has 0 aliphatic carbocycles. The van der Waals surface area contributed by atoms with Crippen LogP contribution >= 0.6 is 15.9 Å². The minimum absolute atomic E-state index is 0.0107. The molecule has 3 nitrogen and oxygen atoms in total. The Bertz CT molecular complexity index is 643. The van der Waals surface area contributed by atoms with E-state index in [0.717, 1.165) is 0 Å². The topological polar surface area (TPSA) is 49.3 Å². The van der Waals surface area contributed by atoms with Crippen molar-refractivity contribution >= 4 is 27.5 Å². The fourth-order valence-corrected chi connectivity index (χ4v) is 1.86. The quantitative estimate of drug-likeness (QED) is 0.881. The predicted molar refractivity (Wildman–Crippen MR) is 74.9 cm³/mol. The van der Waals surface area contributed by atoms with Gasteiger partial charge >= 0.3 is 0 Å². The van der Waals surface area contributed by atoms with Crippen LogP contribution in [0.25, 0.3) is 0 Å². The van der Waals surface area contributed by atoms with Crippen LogP contribution < -0.4 is 5.32 Å². The van der Waals surface area contributed by atoms with Crippen LogP contribution in [0.15, 0.2) is 40.9 Å². The van der Waals surface area contributed by atoms with E-state index in [2.05, 4.69) is 21.2 Å². The van der Waals surface area contributed by atoms with E-state index >= 15 is 0 Å². The molecule has 98 valence electrons. The summed E-state index contributed by atoms with van der Waals surface area (Å²) in [5.41, 5.74) is 1.49.